The highest BCUT2D eigenvalue weighted by Gasteiger charge is 2.18. The minimum Gasteiger partial charge on any atom is -0.312 e. The van der Waals surface area contributed by atoms with Gasteiger partial charge in [0.15, 0.2) is 0 Å². The average molecular weight is 270 g/mol. The Hall–Kier alpha value is -0.600. The summed E-state index contributed by atoms with van der Waals surface area (Å²) in [6.45, 7) is 3.99. The summed E-state index contributed by atoms with van der Waals surface area (Å²) >= 11 is 5.92. The molecule has 18 heavy (non-hydrogen) atoms. The molecule has 0 saturated heterocycles. The third-order valence-corrected chi connectivity index (χ3v) is 4.25. The number of rotatable bonds is 4. The van der Waals surface area contributed by atoms with Crippen molar-refractivity contribution in [1.82, 2.24) is 5.32 Å². The molecule has 1 fully saturated rings. The molecule has 0 aliphatic heterocycles. The molecular formula is C15H21ClFN. The van der Waals surface area contributed by atoms with Gasteiger partial charge in [-0.1, -0.05) is 43.5 Å². The predicted octanol–water partition coefficient (Wildman–Crippen LogP) is 4.40. The molecule has 0 radical (unpaired) electrons. The van der Waals surface area contributed by atoms with Gasteiger partial charge in [0.05, 0.1) is 5.02 Å². The Bertz CT molecular complexity index is 394. The van der Waals surface area contributed by atoms with E-state index in [0.717, 1.165) is 23.9 Å². The van der Waals surface area contributed by atoms with Gasteiger partial charge in [-0.05, 0) is 42.9 Å². The van der Waals surface area contributed by atoms with Crippen LogP contribution in [-0.4, -0.2) is 6.54 Å². The van der Waals surface area contributed by atoms with Crippen molar-refractivity contribution >= 4 is 11.6 Å². The molecule has 1 N–H and O–H groups in total. The van der Waals surface area contributed by atoms with Crippen LogP contribution in [-0.2, 0) is 6.54 Å². The Labute approximate surface area is 114 Å². The lowest BCUT2D eigenvalue weighted by molar-refractivity contribution is 0.274. The molecule has 0 spiro atoms. The summed E-state index contributed by atoms with van der Waals surface area (Å²) in [7, 11) is 0. The Morgan fingerprint density at radius 2 is 2.22 bits per heavy atom. The van der Waals surface area contributed by atoms with Gasteiger partial charge in [0, 0.05) is 6.54 Å². The summed E-state index contributed by atoms with van der Waals surface area (Å²) in [6.07, 6.45) is 5.33. The first-order valence-corrected chi connectivity index (χ1v) is 7.18. The maximum atomic E-state index is 13.3. The minimum atomic E-state index is -0.331. The number of halogens is 2. The third kappa shape index (κ3) is 3.69. The van der Waals surface area contributed by atoms with Crippen molar-refractivity contribution in [3.8, 4) is 0 Å². The fourth-order valence-corrected chi connectivity index (χ4v) is 3.03. The molecule has 1 aliphatic rings. The van der Waals surface area contributed by atoms with Gasteiger partial charge in [0.25, 0.3) is 0 Å². The van der Waals surface area contributed by atoms with Crippen LogP contribution in [0, 0.1) is 17.7 Å². The van der Waals surface area contributed by atoms with Gasteiger partial charge in [0.2, 0.25) is 0 Å². The zero-order chi connectivity index (χ0) is 13.0. The Morgan fingerprint density at radius 3 is 3.00 bits per heavy atom. The van der Waals surface area contributed by atoms with Gasteiger partial charge >= 0.3 is 0 Å². The number of hydrogen-bond acceptors (Lipinski definition) is 1. The van der Waals surface area contributed by atoms with Crippen LogP contribution in [0.15, 0.2) is 18.2 Å². The molecule has 2 atom stereocenters. The van der Waals surface area contributed by atoms with Crippen molar-refractivity contribution in [2.24, 2.45) is 11.8 Å². The van der Waals surface area contributed by atoms with E-state index in [2.05, 4.69) is 12.2 Å². The molecule has 1 aliphatic carbocycles. The average Bonchev–Trinajstić information content (AvgIpc) is 2.35. The normalized spacial score (nSPS) is 24.2. The Balaban J connectivity index is 1.79. The lowest BCUT2D eigenvalue weighted by atomic mass is 9.82. The van der Waals surface area contributed by atoms with Crippen molar-refractivity contribution in [2.45, 2.75) is 39.2 Å². The van der Waals surface area contributed by atoms with E-state index in [9.17, 15) is 4.39 Å². The van der Waals surface area contributed by atoms with Crippen molar-refractivity contribution in [2.75, 3.05) is 6.54 Å². The summed E-state index contributed by atoms with van der Waals surface area (Å²) in [4.78, 5) is 0. The largest absolute Gasteiger partial charge is 0.312 e. The van der Waals surface area contributed by atoms with Gasteiger partial charge in [-0.25, -0.2) is 4.39 Å². The topological polar surface area (TPSA) is 12.0 Å². The maximum Gasteiger partial charge on any atom is 0.142 e. The second-order valence-electron chi connectivity index (χ2n) is 5.48. The van der Waals surface area contributed by atoms with E-state index in [1.165, 1.54) is 31.7 Å². The van der Waals surface area contributed by atoms with Crippen LogP contribution in [0.2, 0.25) is 5.02 Å². The van der Waals surface area contributed by atoms with Crippen LogP contribution in [0.4, 0.5) is 4.39 Å². The van der Waals surface area contributed by atoms with Crippen LogP contribution >= 0.6 is 11.6 Å². The SMILES string of the molecule is CC1CCCC(CNCc2cccc(F)c2Cl)C1. The van der Waals surface area contributed by atoms with Crippen molar-refractivity contribution in [1.29, 1.82) is 0 Å². The van der Waals surface area contributed by atoms with Gasteiger partial charge in [-0.3, -0.25) is 0 Å². The summed E-state index contributed by atoms with van der Waals surface area (Å²) in [5.74, 6) is 1.28. The number of hydrogen-bond donors (Lipinski definition) is 1. The lowest BCUT2D eigenvalue weighted by Crippen LogP contribution is -2.26. The highest BCUT2D eigenvalue weighted by atomic mass is 35.5. The first-order chi connectivity index (χ1) is 8.66. The molecule has 2 unspecified atom stereocenters. The van der Waals surface area contributed by atoms with Gasteiger partial charge < -0.3 is 5.32 Å². The van der Waals surface area contributed by atoms with Crippen LogP contribution in [0.5, 0.6) is 0 Å². The molecule has 0 aromatic heterocycles. The highest BCUT2D eigenvalue weighted by Crippen LogP contribution is 2.28. The monoisotopic (exact) mass is 269 g/mol. The van der Waals surface area contributed by atoms with E-state index >= 15 is 0 Å². The van der Waals surface area contributed by atoms with Crippen molar-refractivity contribution < 1.29 is 4.39 Å². The van der Waals surface area contributed by atoms with E-state index in [4.69, 9.17) is 11.6 Å². The van der Waals surface area contributed by atoms with Crippen molar-refractivity contribution in [3.63, 3.8) is 0 Å². The van der Waals surface area contributed by atoms with Crippen LogP contribution in [0.25, 0.3) is 0 Å². The van der Waals surface area contributed by atoms with E-state index in [1.807, 2.05) is 6.07 Å². The molecule has 100 valence electrons. The second-order valence-corrected chi connectivity index (χ2v) is 5.86. The summed E-state index contributed by atoms with van der Waals surface area (Å²) in [6, 6.07) is 4.98. The molecule has 0 amide bonds. The molecule has 0 heterocycles. The smallest absolute Gasteiger partial charge is 0.142 e. The molecule has 3 heteroatoms. The molecule has 2 rings (SSSR count). The standard InChI is InChI=1S/C15H21ClFN/c1-11-4-2-5-12(8-11)9-18-10-13-6-3-7-14(17)15(13)16/h3,6-7,11-12,18H,2,4-5,8-10H2,1H3. The highest BCUT2D eigenvalue weighted by molar-refractivity contribution is 6.31. The zero-order valence-electron chi connectivity index (χ0n) is 10.9. The zero-order valence-corrected chi connectivity index (χ0v) is 11.6. The van der Waals surface area contributed by atoms with Gasteiger partial charge in [-0.15, -0.1) is 0 Å². The van der Waals surface area contributed by atoms with E-state index < -0.39 is 0 Å². The Morgan fingerprint density at radius 1 is 1.39 bits per heavy atom. The first-order valence-electron chi connectivity index (χ1n) is 6.80. The molecular weight excluding hydrogens is 249 g/mol. The molecule has 1 aromatic carbocycles. The third-order valence-electron chi connectivity index (χ3n) is 3.83. The fraction of sp³-hybridized carbons (Fsp3) is 0.600. The molecule has 1 aromatic rings. The summed E-state index contributed by atoms with van der Waals surface area (Å²) < 4.78 is 13.3. The van der Waals surface area contributed by atoms with E-state index in [1.54, 1.807) is 6.07 Å². The van der Waals surface area contributed by atoms with Crippen LogP contribution in [0.3, 0.4) is 0 Å². The Kier molecular flexibility index (Phi) is 5.02. The van der Waals surface area contributed by atoms with Crippen LogP contribution in [0.1, 0.15) is 38.2 Å². The van der Waals surface area contributed by atoms with Gasteiger partial charge in [0.1, 0.15) is 5.82 Å². The quantitative estimate of drug-likeness (QED) is 0.855. The fourth-order valence-electron chi connectivity index (χ4n) is 2.84. The van der Waals surface area contributed by atoms with Crippen molar-refractivity contribution in [3.05, 3.63) is 34.6 Å². The van der Waals surface area contributed by atoms with E-state index in [-0.39, 0.29) is 10.8 Å². The summed E-state index contributed by atoms with van der Waals surface area (Å²) in [5.41, 5.74) is 0.848. The van der Waals surface area contributed by atoms with E-state index in [0.29, 0.717) is 6.54 Å². The number of nitrogens with one attached hydrogen (secondary N) is 1. The second kappa shape index (κ2) is 6.53. The lowest BCUT2D eigenvalue weighted by Gasteiger charge is -2.26. The predicted molar refractivity (Wildman–Crippen MR) is 74.2 cm³/mol. The minimum absolute atomic E-state index is 0.252. The molecule has 1 saturated carbocycles. The number of benzene rings is 1. The maximum absolute atomic E-state index is 13.3. The van der Waals surface area contributed by atoms with Crippen LogP contribution < -0.4 is 5.32 Å². The molecule has 1 nitrogen and oxygen atoms in total. The first kappa shape index (κ1) is 13.8. The summed E-state index contributed by atoms with van der Waals surface area (Å²) in [5, 5.41) is 3.66. The molecule has 0 bridgehead atoms. The van der Waals surface area contributed by atoms with Gasteiger partial charge in [-0.2, -0.15) is 0 Å².